The van der Waals surface area contributed by atoms with Crippen LogP contribution in [0.25, 0.3) is 27.7 Å². The molecule has 2 aromatic carbocycles. The lowest BCUT2D eigenvalue weighted by molar-refractivity contribution is 0.248. The smallest absolute Gasteiger partial charge is 0.0534 e. The second kappa shape index (κ2) is 18.3. The van der Waals surface area contributed by atoms with Crippen LogP contribution in [-0.4, -0.2) is 15.5 Å². The maximum absolute atomic E-state index is 4.50. The van der Waals surface area contributed by atoms with Gasteiger partial charge < -0.3 is 9.47 Å². The van der Waals surface area contributed by atoms with Gasteiger partial charge in [0.15, 0.2) is 0 Å². The van der Waals surface area contributed by atoms with Gasteiger partial charge in [0, 0.05) is 51.6 Å². The summed E-state index contributed by atoms with van der Waals surface area (Å²) in [5, 5.41) is 1.24. The predicted molar refractivity (Wildman–Crippen MR) is 250 cm³/mol. The Morgan fingerprint density at radius 3 is 2.32 bits per heavy atom. The summed E-state index contributed by atoms with van der Waals surface area (Å²) >= 11 is 0. The summed E-state index contributed by atoms with van der Waals surface area (Å²) in [7, 11) is 0. The molecule has 0 N–H and O–H groups in total. The molecule has 2 heteroatoms. The summed E-state index contributed by atoms with van der Waals surface area (Å²) in [6, 6.07) is 19.7. The maximum atomic E-state index is 4.50. The van der Waals surface area contributed by atoms with E-state index in [0.717, 1.165) is 31.4 Å². The number of hydrogen-bond donors (Lipinski definition) is 0. The Kier molecular flexibility index (Phi) is 13.2. The van der Waals surface area contributed by atoms with E-state index in [1.54, 1.807) is 0 Å². The summed E-state index contributed by atoms with van der Waals surface area (Å²) < 4.78 is 2.36. The third-order valence-corrected chi connectivity index (χ3v) is 12.5. The minimum absolute atomic E-state index is 0.0564. The van der Waals surface area contributed by atoms with Crippen molar-refractivity contribution in [3.63, 3.8) is 0 Å². The van der Waals surface area contributed by atoms with E-state index < -0.39 is 0 Å². The van der Waals surface area contributed by atoms with E-state index in [2.05, 4.69) is 224 Å². The molecule has 3 aliphatic carbocycles. The molecule has 0 saturated heterocycles. The van der Waals surface area contributed by atoms with E-state index in [4.69, 9.17) is 0 Å². The number of nitrogens with zero attached hydrogens (tertiary/aromatic N) is 2. The zero-order valence-electron chi connectivity index (χ0n) is 35.8. The molecule has 4 atom stereocenters. The number of aromatic nitrogens is 1. The molecule has 1 saturated carbocycles. The molecule has 1 aromatic heterocycles. The van der Waals surface area contributed by atoms with E-state index in [-0.39, 0.29) is 11.5 Å². The van der Waals surface area contributed by atoms with Crippen LogP contribution in [0.15, 0.2) is 181 Å². The van der Waals surface area contributed by atoms with Gasteiger partial charge in [0.05, 0.1) is 5.52 Å². The van der Waals surface area contributed by atoms with Crippen LogP contribution in [0, 0.1) is 30.1 Å². The normalized spacial score (nSPS) is 21.9. The van der Waals surface area contributed by atoms with Crippen molar-refractivity contribution in [3.05, 3.63) is 198 Å². The highest BCUT2D eigenvalue weighted by atomic mass is 15.2. The van der Waals surface area contributed by atoms with Crippen molar-refractivity contribution in [1.29, 1.82) is 0 Å². The number of benzene rings is 2. The molecule has 3 aromatic rings. The Hall–Kier alpha value is -5.34. The van der Waals surface area contributed by atoms with Crippen LogP contribution in [0.2, 0.25) is 0 Å². The third kappa shape index (κ3) is 8.24. The Bertz CT molecular complexity index is 2260. The summed E-state index contributed by atoms with van der Waals surface area (Å²) in [6.45, 7) is 26.8. The van der Waals surface area contributed by atoms with Crippen molar-refractivity contribution in [3.8, 4) is 0 Å². The molecule has 0 aliphatic heterocycles. The van der Waals surface area contributed by atoms with Gasteiger partial charge in [-0.05, 0) is 118 Å². The van der Waals surface area contributed by atoms with Gasteiger partial charge in [-0.25, -0.2) is 0 Å². The standard InChI is InChI=1S/C55H64N2/c1-11-22-44(23-12-2)48(54-41(8)56(39(6)14-4)53-30-20-19-29-50(53)54)36-31-40(7)57(45-28-21-27-43(32-33-45)42-25-17-16-18-26-42)46-34-37-49-47(15-5)51(24-13-3)55(9,10)52(49)38-35-46/h11-13,15-20,22-26,29-38,40,47,51-52H,5-6,14,21,27-28H2,1-4,7-10H3/b22-11-,23-12+,24-13-,36-31-,48-44+. The number of fused-ring (bicyclic) bond motifs is 2. The van der Waals surface area contributed by atoms with Gasteiger partial charge in [-0.15, -0.1) is 6.58 Å². The lowest BCUT2D eigenvalue weighted by Crippen LogP contribution is -2.30. The molecular weight excluding hydrogens is 689 g/mol. The molecule has 1 fully saturated rings. The summed E-state index contributed by atoms with van der Waals surface area (Å²) in [4.78, 5) is 2.59. The van der Waals surface area contributed by atoms with Gasteiger partial charge in [0.25, 0.3) is 0 Å². The molecular formula is C55H64N2. The highest BCUT2D eigenvalue weighted by Gasteiger charge is 2.49. The first-order chi connectivity index (χ1) is 27.6. The number of hydrogen-bond acceptors (Lipinski definition) is 1. The average Bonchev–Trinajstić information content (AvgIpc) is 3.38. The second-order valence-electron chi connectivity index (χ2n) is 16.4. The van der Waals surface area contributed by atoms with E-state index in [1.807, 2.05) is 0 Å². The van der Waals surface area contributed by atoms with Gasteiger partial charge in [-0.1, -0.05) is 154 Å². The number of rotatable bonds is 13. The molecule has 6 rings (SSSR count). The minimum Gasteiger partial charge on any atom is -0.339 e. The fourth-order valence-corrected chi connectivity index (χ4v) is 9.63. The van der Waals surface area contributed by atoms with Crippen molar-refractivity contribution < 1.29 is 0 Å². The summed E-state index contributed by atoms with van der Waals surface area (Å²) in [6.07, 6.45) is 38.8. The lowest BCUT2D eigenvalue weighted by Gasteiger charge is -2.33. The van der Waals surface area contributed by atoms with Crippen molar-refractivity contribution in [2.75, 3.05) is 0 Å². The maximum Gasteiger partial charge on any atom is 0.0534 e. The highest BCUT2D eigenvalue weighted by Crippen LogP contribution is 2.56. The number of allylic oxidation sites excluding steroid dienone is 20. The van der Waals surface area contributed by atoms with Crippen LogP contribution >= 0.6 is 0 Å². The molecule has 294 valence electrons. The van der Waals surface area contributed by atoms with Crippen LogP contribution in [0.4, 0.5) is 0 Å². The molecule has 0 bridgehead atoms. The lowest BCUT2D eigenvalue weighted by atomic mass is 9.74. The van der Waals surface area contributed by atoms with Gasteiger partial charge in [-0.2, -0.15) is 0 Å². The van der Waals surface area contributed by atoms with E-state index in [0.29, 0.717) is 17.8 Å². The molecule has 0 radical (unpaired) electrons. The van der Waals surface area contributed by atoms with Crippen molar-refractivity contribution in [1.82, 2.24) is 9.47 Å². The quantitative estimate of drug-likeness (QED) is 0.125. The van der Waals surface area contributed by atoms with Crippen molar-refractivity contribution in [2.45, 2.75) is 87.1 Å². The van der Waals surface area contributed by atoms with Crippen LogP contribution in [0.5, 0.6) is 0 Å². The average molecular weight is 753 g/mol. The monoisotopic (exact) mass is 753 g/mol. The SMILES string of the molecule is C=CC1C2=CC=C(N(C3=CC=C(c4ccccc4)CCC3)C(C)\C=C/C(=C(/C=C\C)\C=C\C)c3c(C)n(C(=C)CC)c4ccccc34)C=CC2C(C)(C)C1/C=C\C. The minimum atomic E-state index is 0.0564. The van der Waals surface area contributed by atoms with Crippen LogP contribution in [-0.2, 0) is 0 Å². The first-order valence-corrected chi connectivity index (χ1v) is 21.2. The van der Waals surface area contributed by atoms with Crippen LogP contribution < -0.4 is 0 Å². The number of para-hydroxylation sites is 1. The fraction of sp³-hybridized carbons (Fsp3) is 0.309. The molecule has 2 nitrogen and oxygen atoms in total. The van der Waals surface area contributed by atoms with Gasteiger partial charge in [0.1, 0.15) is 0 Å². The molecule has 3 aliphatic rings. The van der Waals surface area contributed by atoms with Crippen LogP contribution in [0.3, 0.4) is 0 Å². The van der Waals surface area contributed by atoms with Gasteiger partial charge in [-0.3, -0.25) is 0 Å². The van der Waals surface area contributed by atoms with E-state index in [1.165, 1.54) is 61.4 Å². The van der Waals surface area contributed by atoms with Crippen molar-refractivity contribution in [2.24, 2.45) is 23.2 Å². The topological polar surface area (TPSA) is 8.17 Å². The Morgan fingerprint density at radius 2 is 1.63 bits per heavy atom. The predicted octanol–water partition coefficient (Wildman–Crippen LogP) is 15.2. The molecule has 1 heterocycles. The van der Waals surface area contributed by atoms with Gasteiger partial charge in [0.2, 0.25) is 0 Å². The van der Waals surface area contributed by atoms with Crippen molar-refractivity contribution >= 4 is 27.7 Å². The molecule has 0 spiro atoms. The van der Waals surface area contributed by atoms with Crippen LogP contribution in [0.1, 0.15) is 91.0 Å². The zero-order valence-corrected chi connectivity index (χ0v) is 35.8. The highest BCUT2D eigenvalue weighted by molar-refractivity contribution is 6.00. The van der Waals surface area contributed by atoms with Gasteiger partial charge >= 0.3 is 0 Å². The summed E-state index contributed by atoms with van der Waals surface area (Å²) in [5.74, 6) is 1.05. The summed E-state index contributed by atoms with van der Waals surface area (Å²) in [5.41, 5.74) is 14.0. The Morgan fingerprint density at radius 1 is 0.912 bits per heavy atom. The molecule has 4 unspecified atom stereocenters. The third-order valence-electron chi connectivity index (χ3n) is 12.5. The second-order valence-corrected chi connectivity index (χ2v) is 16.4. The fourth-order valence-electron chi connectivity index (χ4n) is 9.63. The van der Waals surface area contributed by atoms with E-state index >= 15 is 0 Å². The zero-order chi connectivity index (χ0) is 40.7. The molecule has 57 heavy (non-hydrogen) atoms. The van der Waals surface area contributed by atoms with E-state index in [9.17, 15) is 0 Å². The largest absolute Gasteiger partial charge is 0.339 e. The molecule has 0 amide bonds. The first kappa shape index (κ1) is 41.3. The Labute approximate surface area is 344 Å². The first-order valence-electron chi connectivity index (χ1n) is 21.2. The Balaban J connectivity index is 1.52.